The molecule has 1 aliphatic carbocycles. The molecule has 1 rings (SSSR count). The second-order valence-corrected chi connectivity index (χ2v) is 8.47. The molecule has 1 aliphatic rings. The van der Waals surface area contributed by atoms with Crippen molar-refractivity contribution in [3.05, 3.63) is 0 Å². The highest BCUT2D eigenvalue weighted by Crippen LogP contribution is 2.19. The van der Waals surface area contributed by atoms with E-state index < -0.39 is 20.0 Å². The molecule has 0 spiro atoms. The summed E-state index contributed by atoms with van der Waals surface area (Å²) in [5, 5.41) is 0. The summed E-state index contributed by atoms with van der Waals surface area (Å²) in [5.74, 6) is -0.119. The van der Waals surface area contributed by atoms with E-state index in [-0.39, 0.29) is 24.4 Å². The van der Waals surface area contributed by atoms with Crippen LogP contribution in [0.15, 0.2) is 0 Å². The van der Waals surface area contributed by atoms with Gasteiger partial charge in [-0.05, 0) is 12.8 Å². The first-order valence-corrected chi connectivity index (χ1v) is 9.74. The molecule has 0 radical (unpaired) electrons. The summed E-state index contributed by atoms with van der Waals surface area (Å²) in [7, 11) is -5.35. The van der Waals surface area contributed by atoms with Crippen molar-refractivity contribution in [3.63, 3.8) is 0 Å². The number of nitrogens with one attached hydrogen (secondary N) is 2. The highest BCUT2D eigenvalue weighted by molar-refractivity contribution is 7.89. The van der Waals surface area contributed by atoms with Gasteiger partial charge in [-0.25, -0.2) is 26.3 Å². The lowest BCUT2D eigenvalue weighted by atomic mass is 9.92. The van der Waals surface area contributed by atoms with Crippen LogP contribution >= 0.6 is 0 Å². The van der Waals surface area contributed by atoms with Gasteiger partial charge in [0, 0.05) is 19.2 Å². The third-order valence-electron chi connectivity index (χ3n) is 3.02. The van der Waals surface area contributed by atoms with Crippen molar-refractivity contribution < 1.29 is 21.6 Å². The first-order chi connectivity index (χ1) is 8.73. The maximum absolute atomic E-state index is 11.8. The maximum Gasteiger partial charge on any atom is 0.214 e. The van der Waals surface area contributed by atoms with Gasteiger partial charge in [-0.2, -0.15) is 0 Å². The minimum atomic E-state index is -3.44. The van der Waals surface area contributed by atoms with Crippen molar-refractivity contribution >= 4 is 20.0 Å². The Morgan fingerprint density at radius 1 is 1.05 bits per heavy atom. The number of sulfonamides is 2. The second kappa shape index (κ2) is 6.98. The molecule has 1 saturated carbocycles. The molecular formula is C10H22N2O5S2. The summed E-state index contributed by atoms with van der Waals surface area (Å²) in [4.78, 5) is 0. The van der Waals surface area contributed by atoms with Gasteiger partial charge in [0.2, 0.25) is 20.0 Å². The van der Waals surface area contributed by atoms with Crippen LogP contribution in [0.5, 0.6) is 0 Å². The molecule has 0 heterocycles. The molecule has 19 heavy (non-hydrogen) atoms. The van der Waals surface area contributed by atoms with E-state index >= 15 is 0 Å². The van der Waals surface area contributed by atoms with Crippen LogP contribution in [-0.4, -0.2) is 54.6 Å². The molecule has 0 aliphatic heterocycles. The summed E-state index contributed by atoms with van der Waals surface area (Å²) < 4.78 is 56.0. The molecule has 0 aromatic carbocycles. The Labute approximate surface area is 115 Å². The maximum atomic E-state index is 11.8. The number of rotatable bonds is 7. The summed E-state index contributed by atoms with van der Waals surface area (Å²) in [6.07, 6.45) is 4.14. The van der Waals surface area contributed by atoms with E-state index in [4.69, 9.17) is 4.74 Å². The van der Waals surface area contributed by atoms with Crippen LogP contribution in [-0.2, 0) is 24.8 Å². The van der Waals surface area contributed by atoms with Crippen LogP contribution in [0.1, 0.15) is 25.7 Å². The monoisotopic (exact) mass is 314 g/mol. The molecule has 9 heteroatoms. The van der Waals surface area contributed by atoms with Gasteiger partial charge in [0.1, 0.15) is 0 Å². The zero-order valence-electron chi connectivity index (χ0n) is 11.3. The topological polar surface area (TPSA) is 102 Å². The molecule has 0 aromatic rings. The van der Waals surface area contributed by atoms with Gasteiger partial charge < -0.3 is 4.74 Å². The second-order valence-electron chi connectivity index (χ2n) is 4.82. The largest absolute Gasteiger partial charge is 0.384 e. The number of ether oxygens (including phenoxy) is 1. The smallest absolute Gasteiger partial charge is 0.214 e. The van der Waals surface area contributed by atoms with Crippen molar-refractivity contribution in [2.75, 3.05) is 25.7 Å². The fourth-order valence-corrected chi connectivity index (χ4v) is 4.25. The van der Waals surface area contributed by atoms with E-state index in [9.17, 15) is 16.8 Å². The highest BCUT2D eigenvalue weighted by Gasteiger charge is 2.30. The van der Waals surface area contributed by atoms with Crippen molar-refractivity contribution in [2.24, 2.45) is 0 Å². The lowest BCUT2D eigenvalue weighted by Crippen LogP contribution is -2.53. The number of hydrogen-bond acceptors (Lipinski definition) is 5. The van der Waals surface area contributed by atoms with Crippen molar-refractivity contribution in [2.45, 2.75) is 37.8 Å². The predicted octanol–water partition coefficient (Wildman–Crippen LogP) is -0.587. The van der Waals surface area contributed by atoms with E-state index in [2.05, 4.69) is 9.44 Å². The molecular weight excluding hydrogens is 292 g/mol. The van der Waals surface area contributed by atoms with E-state index in [0.717, 1.165) is 19.1 Å². The summed E-state index contributed by atoms with van der Waals surface area (Å²) in [6.45, 7) is 0.117. The van der Waals surface area contributed by atoms with Gasteiger partial charge in [-0.15, -0.1) is 0 Å². The molecule has 2 unspecified atom stereocenters. The highest BCUT2D eigenvalue weighted by atomic mass is 32.2. The van der Waals surface area contributed by atoms with Crippen LogP contribution in [0.3, 0.4) is 0 Å². The average molecular weight is 314 g/mol. The Bertz CT molecular complexity index is 474. The van der Waals surface area contributed by atoms with Crippen LogP contribution in [0, 0.1) is 0 Å². The van der Waals surface area contributed by atoms with Gasteiger partial charge in [-0.1, -0.05) is 12.8 Å². The fraction of sp³-hybridized carbons (Fsp3) is 1.00. The zero-order chi connectivity index (χ0) is 14.5. The van der Waals surface area contributed by atoms with Crippen LogP contribution < -0.4 is 9.44 Å². The molecule has 7 nitrogen and oxygen atoms in total. The van der Waals surface area contributed by atoms with Gasteiger partial charge >= 0.3 is 0 Å². The predicted molar refractivity (Wildman–Crippen MR) is 72.8 cm³/mol. The molecule has 114 valence electrons. The standard InChI is InChI=1S/C10H22N2O5S2/c1-17-7-8-19(15,16)12-10-6-4-3-5-9(10)11-18(2,13)14/h9-12H,3-8H2,1-2H3. The SMILES string of the molecule is COCCS(=O)(=O)NC1CCCCC1NS(C)(=O)=O. The molecule has 1 fully saturated rings. The zero-order valence-corrected chi connectivity index (χ0v) is 12.9. The first kappa shape index (κ1) is 16.8. The van der Waals surface area contributed by atoms with Gasteiger partial charge in [0.05, 0.1) is 18.6 Å². The van der Waals surface area contributed by atoms with Crippen LogP contribution in [0.2, 0.25) is 0 Å². The number of hydrogen-bond donors (Lipinski definition) is 2. The Kier molecular flexibility index (Phi) is 6.18. The minimum absolute atomic E-state index is 0.117. The van der Waals surface area contributed by atoms with Crippen LogP contribution in [0.4, 0.5) is 0 Å². The first-order valence-electron chi connectivity index (χ1n) is 6.20. The van der Waals surface area contributed by atoms with E-state index in [0.29, 0.717) is 12.8 Å². The Balaban J connectivity index is 2.67. The van der Waals surface area contributed by atoms with E-state index in [1.165, 1.54) is 7.11 Å². The molecule has 2 atom stereocenters. The molecule has 0 bridgehead atoms. The average Bonchev–Trinajstić information content (AvgIpc) is 2.27. The Morgan fingerprint density at radius 3 is 2.05 bits per heavy atom. The third kappa shape index (κ3) is 6.66. The quantitative estimate of drug-likeness (QED) is 0.654. The summed E-state index contributed by atoms with van der Waals surface area (Å²) in [5.41, 5.74) is 0. The normalized spacial score (nSPS) is 25.4. The third-order valence-corrected chi connectivity index (χ3v) is 5.12. The summed E-state index contributed by atoms with van der Waals surface area (Å²) in [6, 6.07) is -0.758. The number of methoxy groups -OCH3 is 1. The van der Waals surface area contributed by atoms with Crippen molar-refractivity contribution in [3.8, 4) is 0 Å². The van der Waals surface area contributed by atoms with Crippen LogP contribution in [0.25, 0.3) is 0 Å². The Morgan fingerprint density at radius 2 is 1.58 bits per heavy atom. The summed E-state index contributed by atoms with van der Waals surface area (Å²) >= 11 is 0. The van der Waals surface area contributed by atoms with E-state index in [1.54, 1.807) is 0 Å². The van der Waals surface area contributed by atoms with Crippen molar-refractivity contribution in [1.82, 2.24) is 9.44 Å². The van der Waals surface area contributed by atoms with E-state index in [1.807, 2.05) is 0 Å². The fourth-order valence-electron chi connectivity index (χ4n) is 2.17. The van der Waals surface area contributed by atoms with Crippen molar-refractivity contribution in [1.29, 1.82) is 0 Å². The lowest BCUT2D eigenvalue weighted by molar-refractivity contribution is 0.216. The van der Waals surface area contributed by atoms with Gasteiger partial charge in [-0.3, -0.25) is 0 Å². The molecule has 2 N–H and O–H groups in total. The molecule has 0 aromatic heterocycles. The Hall–Kier alpha value is -0.220. The van der Waals surface area contributed by atoms with Gasteiger partial charge in [0.25, 0.3) is 0 Å². The molecule has 0 amide bonds. The molecule has 0 saturated heterocycles. The lowest BCUT2D eigenvalue weighted by Gasteiger charge is -2.31. The minimum Gasteiger partial charge on any atom is -0.384 e. The van der Waals surface area contributed by atoms with Gasteiger partial charge in [0.15, 0.2) is 0 Å².